The number of hydrogen-bond acceptors (Lipinski definition) is 2. The van der Waals surface area contributed by atoms with E-state index in [9.17, 15) is 0 Å². The van der Waals surface area contributed by atoms with Crippen molar-refractivity contribution in [2.75, 3.05) is 0 Å². The standard InChI is InChI=1S/C41H33N.C7H9N.C6H6/c1-40(2)34-17-6-8-19-36(34)41(37-20-9-7-18-35(37)40)33-23-22-30(25-32(33)39-31(26-42)16-11-21-38(39)41)29-15-10-14-28(24-29)27-12-4-3-5-13-27;8-6-7-4-2-1-3-5-7;1-2-4-6-5-3-1/h3-9,11-14,16-26,42H,10,15H2,1-2H3;1-5H,6,8H2;1-6H. The molecule has 3 N–H and O–H groups in total. The lowest BCUT2D eigenvalue weighted by molar-refractivity contribution is 0.563. The number of nitrogens with two attached hydrogens (primary N) is 1. The summed E-state index contributed by atoms with van der Waals surface area (Å²) in [6.45, 7) is 5.36. The molecule has 0 heterocycles. The highest BCUT2D eigenvalue weighted by Crippen LogP contribution is 2.62. The van der Waals surface area contributed by atoms with Gasteiger partial charge in [-0.25, -0.2) is 0 Å². The van der Waals surface area contributed by atoms with Crippen molar-refractivity contribution in [3.05, 3.63) is 250 Å². The number of fused-ring (bicyclic) bond motifs is 9. The summed E-state index contributed by atoms with van der Waals surface area (Å²) >= 11 is 0. The summed E-state index contributed by atoms with van der Waals surface area (Å²) in [6.07, 6.45) is 8.34. The molecule has 0 saturated heterocycles. The van der Waals surface area contributed by atoms with E-state index >= 15 is 0 Å². The summed E-state index contributed by atoms with van der Waals surface area (Å²) in [6, 6.07) is 64.5. The van der Waals surface area contributed by atoms with Crippen LogP contribution in [0.25, 0.3) is 22.3 Å². The highest BCUT2D eigenvalue weighted by molar-refractivity contribution is 5.99. The first-order valence-corrected chi connectivity index (χ1v) is 19.7. The van der Waals surface area contributed by atoms with Gasteiger partial charge in [0.05, 0.1) is 5.41 Å². The van der Waals surface area contributed by atoms with E-state index < -0.39 is 5.41 Å². The van der Waals surface area contributed by atoms with Gasteiger partial charge in [-0.3, -0.25) is 0 Å². The Kier molecular flexibility index (Phi) is 10.3. The molecule has 1 spiro atoms. The van der Waals surface area contributed by atoms with E-state index in [1.807, 2.05) is 66.7 Å². The van der Waals surface area contributed by atoms with Crippen molar-refractivity contribution in [3.8, 4) is 11.1 Å². The molecule has 0 aromatic heterocycles. The van der Waals surface area contributed by atoms with Crippen molar-refractivity contribution in [1.29, 1.82) is 5.41 Å². The monoisotopic (exact) mass is 724 g/mol. The highest BCUT2D eigenvalue weighted by atomic mass is 14.5. The van der Waals surface area contributed by atoms with Crippen LogP contribution in [-0.4, -0.2) is 6.21 Å². The summed E-state index contributed by atoms with van der Waals surface area (Å²) in [7, 11) is 0. The third kappa shape index (κ3) is 6.46. The summed E-state index contributed by atoms with van der Waals surface area (Å²) in [5, 5.41) is 8.44. The lowest BCUT2D eigenvalue weighted by Gasteiger charge is -2.46. The van der Waals surface area contributed by atoms with Gasteiger partial charge in [0.15, 0.2) is 0 Å². The van der Waals surface area contributed by atoms with E-state index in [2.05, 4.69) is 141 Å². The predicted octanol–water partition coefficient (Wildman–Crippen LogP) is 12.8. The molecule has 7 aromatic rings. The molecule has 10 rings (SSSR count). The van der Waals surface area contributed by atoms with Gasteiger partial charge in [0.2, 0.25) is 0 Å². The van der Waals surface area contributed by atoms with Crippen molar-refractivity contribution >= 4 is 17.4 Å². The van der Waals surface area contributed by atoms with Gasteiger partial charge < -0.3 is 11.1 Å². The first-order chi connectivity index (χ1) is 27.5. The normalized spacial score (nSPS) is 14.8. The quantitative estimate of drug-likeness (QED) is 0.174. The summed E-state index contributed by atoms with van der Waals surface area (Å²) in [4.78, 5) is 0. The Morgan fingerprint density at radius 1 is 0.554 bits per heavy atom. The van der Waals surface area contributed by atoms with Crippen LogP contribution in [0, 0.1) is 5.41 Å². The van der Waals surface area contributed by atoms with Gasteiger partial charge in [-0.05, 0) is 91.3 Å². The van der Waals surface area contributed by atoms with E-state index in [0.717, 1.165) is 18.4 Å². The zero-order valence-electron chi connectivity index (χ0n) is 32.3. The second kappa shape index (κ2) is 15.8. The third-order valence-electron chi connectivity index (χ3n) is 11.7. The van der Waals surface area contributed by atoms with Crippen molar-refractivity contribution in [2.45, 2.75) is 44.1 Å². The molecule has 0 atom stereocenters. The van der Waals surface area contributed by atoms with Crippen LogP contribution >= 0.6 is 0 Å². The number of rotatable bonds is 4. The Morgan fingerprint density at radius 3 is 1.66 bits per heavy atom. The second-order valence-corrected chi connectivity index (χ2v) is 15.2. The van der Waals surface area contributed by atoms with E-state index in [1.165, 1.54) is 78.6 Å². The first-order valence-electron chi connectivity index (χ1n) is 19.7. The molecule has 0 fully saturated rings. The molecule has 2 heteroatoms. The minimum Gasteiger partial charge on any atom is -0.326 e. The van der Waals surface area contributed by atoms with Crippen LogP contribution in [0.4, 0.5) is 0 Å². The average Bonchev–Trinajstić information content (AvgIpc) is 3.58. The summed E-state index contributed by atoms with van der Waals surface area (Å²) in [5.74, 6) is 0. The lowest BCUT2D eigenvalue weighted by Crippen LogP contribution is -2.40. The molecule has 274 valence electrons. The largest absolute Gasteiger partial charge is 0.326 e. The second-order valence-electron chi connectivity index (χ2n) is 15.2. The molecule has 56 heavy (non-hydrogen) atoms. The Hall–Kier alpha value is -6.35. The van der Waals surface area contributed by atoms with Crippen LogP contribution in [0.3, 0.4) is 0 Å². The van der Waals surface area contributed by atoms with Crippen LogP contribution in [-0.2, 0) is 17.4 Å². The molecule has 7 aromatic carbocycles. The maximum absolute atomic E-state index is 8.44. The van der Waals surface area contributed by atoms with Gasteiger partial charge >= 0.3 is 0 Å². The first kappa shape index (κ1) is 36.6. The van der Waals surface area contributed by atoms with Gasteiger partial charge in [-0.2, -0.15) is 0 Å². The molecule has 0 radical (unpaired) electrons. The molecular weight excluding hydrogens is 677 g/mol. The molecule has 2 nitrogen and oxygen atoms in total. The number of benzene rings is 7. The van der Waals surface area contributed by atoms with Crippen molar-refractivity contribution in [3.63, 3.8) is 0 Å². The average molecular weight is 725 g/mol. The fourth-order valence-electron chi connectivity index (χ4n) is 9.07. The Morgan fingerprint density at radius 2 is 1.09 bits per heavy atom. The minimum atomic E-state index is -0.430. The van der Waals surface area contributed by atoms with Crippen LogP contribution in [0.5, 0.6) is 0 Å². The predicted molar refractivity (Wildman–Crippen MR) is 236 cm³/mol. The maximum Gasteiger partial charge on any atom is 0.0719 e. The van der Waals surface area contributed by atoms with Crippen molar-refractivity contribution in [2.24, 2.45) is 5.73 Å². The number of hydrogen-bond donors (Lipinski definition) is 2. The lowest BCUT2D eigenvalue weighted by atomic mass is 9.55. The van der Waals surface area contributed by atoms with E-state index in [-0.39, 0.29) is 5.41 Å². The molecule has 0 bridgehead atoms. The van der Waals surface area contributed by atoms with Gasteiger partial charge in [-0.1, -0.05) is 202 Å². The minimum absolute atomic E-state index is 0.118. The summed E-state index contributed by atoms with van der Waals surface area (Å²) < 4.78 is 0. The number of allylic oxidation sites excluding steroid dienone is 4. The van der Waals surface area contributed by atoms with E-state index in [0.29, 0.717) is 6.54 Å². The Bertz CT molecular complexity index is 2470. The molecule has 0 amide bonds. The van der Waals surface area contributed by atoms with E-state index in [4.69, 9.17) is 11.1 Å². The fraction of sp³-hybridized carbons (Fsp3) is 0.130. The van der Waals surface area contributed by atoms with Crippen LogP contribution in [0.15, 0.2) is 194 Å². The van der Waals surface area contributed by atoms with Gasteiger partial charge in [0.25, 0.3) is 0 Å². The van der Waals surface area contributed by atoms with Crippen LogP contribution in [0.2, 0.25) is 0 Å². The summed E-state index contributed by atoms with van der Waals surface area (Å²) in [5.41, 5.74) is 22.7. The van der Waals surface area contributed by atoms with Gasteiger partial charge in [0, 0.05) is 23.7 Å². The topological polar surface area (TPSA) is 49.9 Å². The Labute approximate surface area is 332 Å². The van der Waals surface area contributed by atoms with Crippen molar-refractivity contribution in [1.82, 2.24) is 0 Å². The number of nitrogens with one attached hydrogen (secondary N) is 1. The van der Waals surface area contributed by atoms with E-state index in [1.54, 1.807) is 0 Å². The molecule has 3 aliphatic carbocycles. The molecule has 3 aliphatic rings. The Balaban J connectivity index is 0.000000265. The smallest absolute Gasteiger partial charge is 0.0719 e. The van der Waals surface area contributed by atoms with Crippen LogP contribution < -0.4 is 5.73 Å². The fourth-order valence-corrected chi connectivity index (χ4v) is 9.07. The third-order valence-corrected chi connectivity index (χ3v) is 11.7. The molecule has 0 unspecified atom stereocenters. The SMILES string of the molecule is CC1(C)c2ccccc2C2(c3ccc(C4=CC(c5ccccc5)=CCC4)cc3-c3c(C=N)cccc32)c2ccccc21.NCc1ccccc1.c1ccccc1. The highest BCUT2D eigenvalue weighted by Gasteiger charge is 2.53. The zero-order chi connectivity index (χ0) is 38.5. The zero-order valence-corrected chi connectivity index (χ0v) is 32.3. The molecular formula is C54H48N2. The molecule has 0 saturated carbocycles. The van der Waals surface area contributed by atoms with Gasteiger partial charge in [-0.15, -0.1) is 0 Å². The maximum atomic E-state index is 8.44. The van der Waals surface area contributed by atoms with Crippen LogP contribution in [0.1, 0.15) is 82.3 Å². The molecule has 0 aliphatic heterocycles. The van der Waals surface area contributed by atoms with Gasteiger partial charge in [0.1, 0.15) is 0 Å². The van der Waals surface area contributed by atoms with Crippen molar-refractivity contribution < 1.29 is 0 Å².